The molecule has 0 aromatic carbocycles. The molecule has 0 saturated carbocycles. The van der Waals surface area contributed by atoms with Crippen molar-refractivity contribution in [2.75, 3.05) is 5.75 Å². The first-order chi connectivity index (χ1) is 5.45. The summed E-state index contributed by atoms with van der Waals surface area (Å²) in [4.78, 5) is 10.6. The molecule has 0 aliphatic rings. The minimum absolute atomic E-state index is 0.168. The average molecular weight is 189 g/mol. The molecule has 0 radical (unpaired) electrons. The van der Waals surface area contributed by atoms with Gasteiger partial charge in [-0.15, -0.1) is 0 Å². The Morgan fingerprint density at radius 1 is 1.33 bits per heavy atom. The van der Waals surface area contributed by atoms with Crippen LogP contribution >= 0.6 is 11.8 Å². The quantitative estimate of drug-likeness (QED) is 0.651. The second kappa shape index (κ2) is 5.46. The van der Waals surface area contributed by atoms with Gasteiger partial charge >= 0.3 is 0 Å². The molecule has 0 bridgehead atoms. The van der Waals surface area contributed by atoms with Crippen molar-refractivity contribution in [1.82, 2.24) is 0 Å². The molecule has 0 fully saturated rings. The predicted molar refractivity (Wildman–Crippen MR) is 50.9 cm³/mol. The van der Waals surface area contributed by atoms with E-state index in [1.165, 1.54) is 0 Å². The van der Waals surface area contributed by atoms with E-state index in [1.54, 1.807) is 11.8 Å². The van der Waals surface area contributed by atoms with Crippen LogP contribution in [0.1, 0.15) is 27.7 Å². The van der Waals surface area contributed by atoms with E-state index in [9.17, 15) is 9.90 Å². The Labute approximate surface area is 78.7 Å². The Bertz CT molecular complexity index is 143. The van der Waals surface area contributed by atoms with Crippen molar-refractivity contribution < 1.29 is 9.90 Å². The van der Waals surface area contributed by atoms with Gasteiger partial charge in [-0.3, -0.25) is 0 Å². The van der Waals surface area contributed by atoms with Gasteiger partial charge in [0.1, 0.15) is 0 Å². The number of carboxylic acid groups (broad SMARTS) is 1. The van der Waals surface area contributed by atoms with Gasteiger partial charge in [0.05, 0.1) is 0 Å². The lowest BCUT2D eigenvalue weighted by Crippen LogP contribution is -2.36. The average Bonchev–Trinajstić information content (AvgIpc) is 1.84. The molecule has 0 spiro atoms. The van der Waals surface area contributed by atoms with Crippen LogP contribution in [0.25, 0.3) is 0 Å². The molecule has 0 amide bonds. The molecule has 2 nitrogen and oxygen atoms in total. The fourth-order valence-corrected chi connectivity index (χ4v) is 1.94. The van der Waals surface area contributed by atoms with Crippen LogP contribution in [-0.4, -0.2) is 17.0 Å². The Kier molecular flexibility index (Phi) is 5.38. The van der Waals surface area contributed by atoms with Crippen molar-refractivity contribution in [1.29, 1.82) is 0 Å². The van der Waals surface area contributed by atoms with Crippen LogP contribution in [-0.2, 0) is 4.79 Å². The van der Waals surface area contributed by atoms with Gasteiger partial charge in [0, 0.05) is 17.6 Å². The smallest absolute Gasteiger partial charge is 0.0456 e. The van der Waals surface area contributed by atoms with E-state index >= 15 is 0 Å². The van der Waals surface area contributed by atoms with Gasteiger partial charge in [0.2, 0.25) is 0 Å². The lowest BCUT2D eigenvalue weighted by atomic mass is 9.98. The summed E-state index contributed by atoms with van der Waals surface area (Å²) in [6.07, 6.45) is 0. The van der Waals surface area contributed by atoms with Crippen LogP contribution in [0.5, 0.6) is 0 Å². The van der Waals surface area contributed by atoms with Crippen LogP contribution in [0.3, 0.4) is 0 Å². The Morgan fingerprint density at radius 3 is 2.08 bits per heavy atom. The molecular weight excluding hydrogens is 172 g/mol. The topological polar surface area (TPSA) is 40.1 Å². The molecule has 0 heterocycles. The standard InChI is InChI=1S/C9H18O2S/c1-6(2)8(9(10)11)5-12-7(3)4/h6-8H,5H2,1-4H3,(H,10,11)/p-1. The van der Waals surface area contributed by atoms with E-state index in [-0.39, 0.29) is 11.8 Å². The highest BCUT2D eigenvalue weighted by atomic mass is 32.2. The molecule has 0 aliphatic heterocycles. The maximum atomic E-state index is 10.6. The summed E-state index contributed by atoms with van der Waals surface area (Å²) in [5.74, 6) is -0.394. The van der Waals surface area contributed by atoms with E-state index in [1.807, 2.05) is 13.8 Å². The van der Waals surface area contributed by atoms with Gasteiger partial charge in [0.25, 0.3) is 0 Å². The summed E-state index contributed by atoms with van der Waals surface area (Å²) in [5.41, 5.74) is 0. The van der Waals surface area contributed by atoms with Crippen LogP contribution in [0.4, 0.5) is 0 Å². The van der Waals surface area contributed by atoms with Crippen molar-refractivity contribution in [2.45, 2.75) is 32.9 Å². The lowest BCUT2D eigenvalue weighted by molar-refractivity contribution is -0.312. The number of rotatable bonds is 5. The zero-order valence-electron chi connectivity index (χ0n) is 8.16. The second-order valence-electron chi connectivity index (χ2n) is 3.55. The van der Waals surface area contributed by atoms with Crippen molar-refractivity contribution in [3.63, 3.8) is 0 Å². The van der Waals surface area contributed by atoms with E-state index in [0.29, 0.717) is 11.0 Å². The molecule has 0 N–H and O–H groups in total. The summed E-state index contributed by atoms with van der Waals surface area (Å²) in [6.45, 7) is 7.97. The largest absolute Gasteiger partial charge is 0.550 e. The molecular formula is C9H17O2S-. The van der Waals surface area contributed by atoms with Crippen molar-refractivity contribution in [2.24, 2.45) is 11.8 Å². The highest BCUT2D eigenvalue weighted by Crippen LogP contribution is 2.19. The summed E-state index contributed by atoms with van der Waals surface area (Å²) < 4.78 is 0. The third-order valence-corrected chi connectivity index (χ3v) is 2.93. The van der Waals surface area contributed by atoms with Gasteiger partial charge in [-0.25, -0.2) is 0 Å². The first kappa shape index (κ1) is 11.8. The minimum Gasteiger partial charge on any atom is -0.550 e. The van der Waals surface area contributed by atoms with Gasteiger partial charge in [0.15, 0.2) is 0 Å². The maximum absolute atomic E-state index is 10.6. The monoisotopic (exact) mass is 189 g/mol. The van der Waals surface area contributed by atoms with Crippen LogP contribution < -0.4 is 5.11 Å². The van der Waals surface area contributed by atoms with Crippen LogP contribution in [0.2, 0.25) is 0 Å². The number of carboxylic acids is 1. The minimum atomic E-state index is -0.918. The van der Waals surface area contributed by atoms with Crippen molar-refractivity contribution >= 4 is 17.7 Å². The van der Waals surface area contributed by atoms with Crippen LogP contribution in [0.15, 0.2) is 0 Å². The molecule has 0 aliphatic carbocycles. The maximum Gasteiger partial charge on any atom is 0.0456 e. The zero-order valence-corrected chi connectivity index (χ0v) is 8.98. The SMILES string of the molecule is CC(C)SCC(C(=O)[O-])C(C)C. The highest BCUT2D eigenvalue weighted by molar-refractivity contribution is 7.99. The van der Waals surface area contributed by atoms with E-state index in [4.69, 9.17) is 0 Å². The molecule has 0 rings (SSSR count). The first-order valence-corrected chi connectivity index (χ1v) is 5.32. The third-order valence-electron chi connectivity index (χ3n) is 1.72. The second-order valence-corrected chi connectivity index (χ2v) is 5.16. The molecule has 72 valence electrons. The number of hydrogen-bond donors (Lipinski definition) is 0. The van der Waals surface area contributed by atoms with Gasteiger partial charge in [-0.1, -0.05) is 27.7 Å². The highest BCUT2D eigenvalue weighted by Gasteiger charge is 2.14. The van der Waals surface area contributed by atoms with Crippen molar-refractivity contribution in [3.05, 3.63) is 0 Å². The van der Waals surface area contributed by atoms with Gasteiger partial charge < -0.3 is 9.90 Å². The van der Waals surface area contributed by atoms with Crippen molar-refractivity contribution in [3.8, 4) is 0 Å². The number of thioether (sulfide) groups is 1. The number of aliphatic carboxylic acids is 1. The van der Waals surface area contributed by atoms with Gasteiger partial charge in [-0.2, -0.15) is 11.8 Å². The molecule has 12 heavy (non-hydrogen) atoms. The number of hydrogen-bond acceptors (Lipinski definition) is 3. The zero-order chi connectivity index (χ0) is 9.72. The van der Waals surface area contributed by atoms with E-state index in [0.717, 1.165) is 0 Å². The summed E-state index contributed by atoms with van der Waals surface area (Å²) in [6, 6.07) is 0. The van der Waals surface area contributed by atoms with Gasteiger partial charge in [-0.05, 0) is 11.2 Å². The summed E-state index contributed by atoms with van der Waals surface area (Å²) in [5, 5.41) is 11.1. The predicted octanol–water partition coefficient (Wildman–Crippen LogP) is 1.15. The summed E-state index contributed by atoms with van der Waals surface area (Å²) >= 11 is 1.68. The molecule has 1 atom stereocenters. The third kappa shape index (κ3) is 4.65. The fourth-order valence-electron chi connectivity index (χ4n) is 0.829. The molecule has 1 unspecified atom stereocenters. The number of carbonyl (C=O) groups is 1. The fraction of sp³-hybridized carbons (Fsp3) is 0.889. The molecule has 0 aromatic rings. The molecule has 0 aromatic heterocycles. The van der Waals surface area contributed by atoms with E-state index < -0.39 is 5.97 Å². The summed E-state index contributed by atoms with van der Waals surface area (Å²) in [7, 11) is 0. The Balaban J connectivity index is 3.88. The lowest BCUT2D eigenvalue weighted by Gasteiger charge is -2.22. The number of carbonyl (C=O) groups excluding carboxylic acids is 1. The van der Waals surface area contributed by atoms with E-state index in [2.05, 4.69) is 13.8 Å². The first-order valence-electron chi connectivity index (χ1n) is 4.27. The molecule has 3 heteroatoms. The Morgan fingerprint density at radius 2 is 1.83 bits per heavy atom. The normalized spacial score (nSPS) is 13.8. The van der Waals surface area contributed by atoms with Crippen LogP contribution in [0, 0.1) is 11.8 Å². The Hall–Kier alpha value is -0.180. The molecule has 0 saturated heterocycles.